The molecule has 0 spiro atoms. The lowest BCUT2D eigenvalue weighted by atomic mass is 9.93. The maximum Gasteiger partial charge on any atom is 0.240 e. The molecule has 0 aliphatic rings. The van der Waals surface area contributed by atoms with Crippen LogP contribution in [0, 0.1) is 5.41 Å². The Balaban J connectivity index is 2.85. The molecule has 1 N–H and O–H groups in total. The summed E-state index contributed by atoms with van der Waals surface area (Å²) < 4.78 is 33.0. The van der Waals surface area contributed by atoms with E-state index in [1.807, 2.05) is 32.8 Å². The summed E-state index contributed by atoms with van der Waals surface area (Å²) in [5, 5.41) is 0. The van der Waals surface area contributed by atoms with Crippen molar-refractivity contribution in [2.45, 2.75) is 18.7 Å². The average Bonchev–Trinajstić information content (AvgIpc) is 2.35. The molecule has 0 atom stereocenters. The third kappa shape index (κ3) is 5.58. The van der Waals surface area contributed by atoms with Crippen molar-refractivity contribution >= 4 is 26.0 Å². The molecule has 5 nitrogen and oxygen atoms in total. The number of sulfonamides is 1. The Hall–Kier alpha value is -0.630. The van der Waals surface area contributed by atoms with Crippen LogP contribution in [0.25, 0.3) is 0 Å². The molecule has 0 aliphatic heterocycles. The topological polar surface area (TPSA) is 58.6 Å². The zero-order valence-corrected chi connectivity index (χ0v) is 15.5. The standard InChI is InChI=1S/C14H23BrN2O3S/c1-14(2,10-17(3)4)9-16-21(18,19)11-6-7-13(20-5)12(15)8-11/h6-8,16H,9-10H2,1-5H3. The van der Waals surface area contributed by atoms with Crippen LogP contribution >= 0.6 is 15.9 Å². The van der Waals surface area contributed by atoms with Gasteiger partial charge in [-0.05, 0) is 53.6 Å². The van der Waals surface area contributed by atoms with Gasteiger partial charge >= 0.3 is 0 Å². The van der Waals surface area contributed by atoms with Gasteiger partial charge in [0.05, 0.1) is 16.5 Å². The molecule has 7 heteroatoms. The minimum absolute atomic E-state index is 0.153. The summed E-state index contributed by atoms with van der Waals surface area (Å²) >= 11 is 3.30. The van der Waals surface area contributed by atoms with E-state index in [0.29, 0.717) is 16.8 Å². The lowest BCUT2D eigenvalue weighted by molar-refractivity contribution is 0.242. The van der Waals surface area contributed by atoms with Gasteiger partial charge in [0, 0.05) is 13.1 Å². The summed E-state index contributed by atoms with van der Waals surface area (Å²) in [6.45, 7) is 5.22. The number of hydrogen-bond acceptors (Lipinski definition) is 4. The van der Waals surface area contributed by atoms with Gasteiger partial charge < -0.3 is 9.64 Å². The fourth-order valence-electron chi connectivity index (χ4n) is 2.10. The van der Waals surface area contributed by atoms with Crippen molar-refractivity contribution in [3.05, 3.63) is 22.7 Å². The Bertz CT molecular complexity index is 586. The Kier molecular flexibility index (Phi) is 6.22. The highest BCUT2D eigenvalue weighted by molar-refractivity contribution is 9.10. The van der Waals surface area contributed by atoms with Crippen LogP contribution in [0.1, 0.15) is 13.8 Å². The second-order valence-corrected chi connectivity index (χ2v) is 8.64. The van der Waals surface area contributed by atoms with E-state index >= 15 is 0 Å². The zero-order valence-electron chi connectivity index (χ0n) is 13.1. The molecule has 0 amide bonds. The van der Waals surface area contributed by atoms with Gasteiger partial charge in [0.1, 0.15) is 5.75 Å². The van der Waals surface area contributed by atoms with Gasteiger partial charge in [-0.15, -0.1) is 0 Å². The minimum Gasteiger partial charge on any atom is -0.496 e. The summed E-state index contributed by atoms with van der Waals surface area (Å²) in [6.07, 6.45) is 0. The molecule has 0 radical (unpaired) electrons. The van der Waals surface area contributed by atoms with E-state index in [-0.39, 0.29) is 10.3 Å². The molecule has 0 aliphatic carbocycles. The molecule has 0 bridgehead atoms. The van der Waals surface area contributed by atoms with Crippen molar-refractivity contribution in [3.8, 4) is 5.75 Å². The monoisotopic (exact) mass is 378 g/mol. The summed E-state index contributed by atoms with van der Waals surface area (Å²) in [5.41, 5.74) is -0.153. The minimum atomic E-state index is -3.53. The number of rotatable bonds is 7. The number of nitrogens with zero attached hydrogens (tertiary/aromatic N) is 1. The highest BCUT2D eigenvalue weighted by atomic mass is 79.9. The SMILES string of the molecule is COc1ccc(S(=O)(=O)NCC(C)(C)CN(C)C)cc1Br. The Morgan fingerprint density at radius 1 is 1.33 bits per heavy atom. The highest BCUT2D eigenvalue weighted by Crippen LogP contribution is 2.27. The van der Waals surface area contributed by atoms with E-state index < -0.39 is 10.0 Å². The smallest absolute Gasteiger partial charge is 0.240 e. The predicted molar refractivity (Wildman–Crippen MR) is 88.2 cm³/mol. The van der Waals surface area contributed by atoms with Gasteiger partial charge in [-0.2, -0.15) is 0 Å². The van der Waals surface area contributed by atoms with E-state index in [9.17, 15) is 8.42 Å². The van der Waals surface area contributed by atoms with Crippen LogP contribution in [0.2, 0.25) is 0 Å². The Labute approximate surface area is 135 Å². The third-order valence-corrected chi connectivity index (χ3v) is 4.94. The second-order valence-electron chi connectivity index (χ2n) is 6.02. The van der Waals surface area contributed by atoms with E-state index in [0.717, 1.165) is 6.54 Å². The van der Waals surface area contributed by atoms with Crippen molar-refractivity contribution in [1.29, 1.82) is 0 Å². The molecule has 0 saturated carbocycles. The summed E-state index contributed by atoms with van der Waals surface area (Å²) in [4.78, 5) is 2.26. The quantitative estimate of drug-likeness (QED) is 0.790. The molecule has 0 aromatic heterocycles. The largest absolute Gasteiger partial charge is 0.496 e. The van der Waals surface area contributed by atoms with Crippen molar-refractivity contribution in [1.82, 2.24) is 9.62 Å². The first-order chi connectivity index (χ1) is 9.57. The molecule has 1 aromatic rings. The molecule has 21 heavy (non-hydrogen) atoms. The van der Waals surface area contributed by atoms with Gasteiger partial charge in [0.2, 0.25) is 10.0 Å². The first-order valence-corrected chi connectivity index (χ1v) is 8.83. The molecule has 0 unspecified atom stereocenters. The first kappa shape index (κ1) is 18.4. The number of benzene rings is 1. The molecular formula is C14H23BrN2O3S. The number of hydrogen-bond donors (Lipinski definition) is 1. The normalized spacial score (nSPS) is 12.7. The van der Waals surface area contributed by atoms with Gasteiger partial charge in [0.25, 0.3) is 0 Å². The summed E-state index contributed by atoms with van der Waals surface area (Å²) in [5.74, 6) is 0.599. The number of methoxy groups -OCH3 is 1. The third-order valence-electron chi connectivity index (χ3n) is 2.92. The number of ether oxygens (including phenoxy) is 1. The Morgan fingerprint density at radius 3 is 2.43 bits per heavy atom. The van der Waals surface area contributed by atoms with Gasteiger partial charge in [-0.25, -0.2) is 13.1 Å². The molecule has 1 rings (SSSR count). The van der Waals surface area contributed by atoms with Crippen LogP contribution in [-0.4, -0.2) is 47.6 Å². The van der Waals surface area contributed by atoms with E-state index in [4.69, 9.17) is 4.74 Å². The van der Waals surface area contributed by atoms with Crippen molar-refractivity contribution in [2.24, 2.45) is 5.41 Å². The van der Waals surface area contributed by atoms with Crippen molar-refractivity contribution in [3.63, 3.8) is 0 Å². The number of halogens is 1. The molecule has 0 saturated heterocycles. The Morgan fingerprint density at radius 2 is 1.95 bits per heavy atom. The maximum atomic E-state index is 12.3. The van der Waals surface area contributed by atoms with Gasteiger partial charge in [0.15, 0.2) is 0 Å². The van der Waals surface area contributed by atoms with Crippen molar-refractivity contribution in [2.75, 3.05) is 34.3 Å². The van der Waals surface area contributed by atoms with Crippen molar-refractivity contribution < 1.29 is 13.2 Å². The molecular weight excluding hydrogens is 356 g/mol. The lowest BCUT2D eigenvalue weighted by Crippen LogP contribution is -2.39. The average molecular weight is 379 g/mol. The van der Waals surface area contributed by atoms with Crippen LogP contribution in [0.15, 0.2) is 27.6 Å². The fraction of sp³-hybridized carbons (Fsp3) is 0.571. The molecule has 120 valence electrons. The van der Waals surface area contributed by atoms with Crippen LogP contribution in [0.5, 0.6) is 5.75 Å². The summed E-state index contributed by atoms with van der Waals surface area (Å²) in [7, 11) is 1.95. The van der Waals surface area contributed by atoms with E-state index in [2.05, 4.69) is 20.7 Å². The van der Waals surface area contributed by atoms with E-state index in [1.54, 1.807) is 12.1 Å². The van der Waals surface area contributed by atoms with E-state index in [1.165, 1.54) is 13.2 Å². The van der Waals surface area contributed by atoms with Crippen LogP contribution in [0.3, 0.4) is 0 Å². The second kappa shape index (κ2) is 7.09. The fourth-order valence-corrected chi connectivity index (χ4v) is 4.06. The highest BCUT2D eigenvalue weighted by Gasteiger charge is 2.23. The van der Waals surface area contributed by atoms with Crippen LogP contribution in [0.4, 0.5) is 0 Å². The maximum absolute atomic E-state index is 12.3. The lowest BCUT2D eigenvalue weighted by Gasteiger charge is -2.28. The number of nitrogens with one attached hydrogen (secondary N) is 1. The van der Waals surface area contributed by atoms with Gasteiger partial charge in [-0.3, -0.25) is 0 Å². The predicted octanol–water partition coefficient (Wildman–Crippen LogP) is 2.32. The summed E-state index contributed by atoms with van der Waals surface area (Å²) in [6, 6.07) is 4.70. The molecule has 0 heterocycles. The zero-order chi connectivity index (χ0) is 16.3. The molecule has 0 fully saturated rings. The van der Waals surface area contributed by atoms with Crippen LogP contribution in [-0.2, 0) is 10.0 Å². The molecule has 1 aromatic carbocycles. The van der Waals surface area contributed by atoms with Gasteiger partial charge in [-0.1, -0.05) is 13.8 Å². The van der Waals surface area contributed by atoms with Crippen LogP contribution < -0.4 is 9.46 Å². The first-order valence-electron chi connectivity index (χ1n) is 6.55.